The van der Waals surface area contributed by atoms with Crippen molar-refractivity contribution in [3.05, 3.63) is 59.7 Å². The molecule has 4 rings (SSSR count). The molecule has 2 aromatic carbocycles. The van der Waals surface area contributed by atoms with Crippen LogP contribution in [0.3, 0.4) is 0 Å². The Kier molecular flexibility index (Phi) is 5.07. The second kappa shape index (κ2) is 7.67. The summed E-state index contributed by atoms with van der Waals surface area (Å²) in [6, 6.07) is 14.3. The van der Waals surface area contributed by atoms with Gasteiger partial charge >= 0.3 is 0 Å². The molecule has 0 fully saturated rings. The molecule has 0 saturated carbocycles. The van der Waals surface area contributed by atoms with Crippen molar-refractivity contribution < 1.29 is 14.4 Å². The van der Waals surface area contributed by atoms with Gasteiger partial charge in [0.1, 0.15) is 0 Å². The summed E-state index contributed by atoms with van der Waals surface area (Å²) in [5, 5.41) is 2.86. The molecular weight excluding hydrogens is 368 g/mol. The van der Waals surface area contributed by atoms with Gasteiger partial charge in [0.15, 0.2) is 0 Å². The molecule has 0 bridgehead atoms. The maximum Gasteiger partial charge on any atom is 0.241 e. The van der Waals surface area contributed by atoms with Crippen molar-refractivity contribution in [2.45, 2.75) is 38.4 Å². The first-order chi connectivity index (χ1) is 13.9. The van der Waals surface area contributed by atoms with Crippen LogP contribution in [0.25, 0.3) is 0 Å². The number of rotatable bonds is 3. The Bertz CT molecular complexity index is 974. The van der Waals surface area contributed by atoms with Crippen LogP contribution in [0.15, 0.2) is 48.5 Å². The highest BCUT2D eigenvalue weighted by Gasteiger charge is 2.35. The van der Waals surface area contributed by atoms with Crippen LogP contribution in [0, 0.1) is 0 Å². The van der Waals surface area contributed by atoms with Gasteiger partial charge in [0, 0.05) is 19.0 Å². The van der Waals surface area contributed by atoms with Gasteiger partial charge in [-0.15, -0.1) is 0 Å². The number of hydrogen-bond donors (Lipinski definition) is 2. The van der Waals surface area contributed by atoms with Gasteiger partial charge in [0.25, 0.3) is 0 Å². The maximum absolute atomic E-state index is 13.4. The number of nitrogens with zero attached hydrogens (tertiary/aromatic N) is 2. The first kappa shape index (κ1) is 19.1. The van der Waals surface area contributed by atoms with Crippen LogP contribution in [0.5, 0.6) is 0 Å². The summed E-state index contributed by atoms with van der Waals surface area (Å²) in [4.78, 5) is 41.1. The fraction of sp³-hybridized carbons (Fsp3) is 0.318. The van der Waals surface area contributed by atoms with Crippen molar-refractivity contribution in [3.8, 4) is 0 Å². The molecule has 0 saturated heterocycles. The molecule has 2 unspecified atom stereocenters. The number of carbonyl (C=O) groups is 3. The molecule has 0 aromatic heterocycles. The largest absolute Gasteiger partial charge is 0.368 e. The third-order valence-corrected chi connectivity index (χ3v) is 5.64. The zero-order valence-corrected chi connectivity index (χ0v) is 16.3. The predicted molar refractivity (Wildman–Crippen MR) is 110 cm³/mol. The molecule has 0 spiro atoms. The standard InChI is InChI=1S/C22H24N4O3/c1-14-10-20(27)24-17-8-4-5-9-18(17)26(14)21(28)13-25-12-16-7-3-2-6-15(16)11-19(25)22(23)29/h2-9,14,19H,10-13H2,1H3,(H2,23,29)(H,24,27). The quantitative estimate of drug-likeness (QED) is 0.830. The summed E-state index contributed by atoms with van der Waals surface area (Å²) < 4.78 is 0. The lowest BCUT2D eigenvalue weighted by atomic mass is 9.93. The number of primary amides is 1. The minimum absolute atomic E-state index is 0.0504. The molecule has 2 aliphatic heterocycles. The van der Waals surface area contributed by atoms with Gasteiger partial charge in [0.2, 0.25) is 17.7 Å². The second-order valence-corrected chi connectivity index (χ2v) is 7.68. The van der Waals surface area contributed by atoms with E-state index in [0.717, 1.165) is 11.1 Å². The zero-order chi connectivity index (χ0) is 20.5. The summed E-state index contributed by atoms with van der Waals surface area (Å²) in [6.07, 6.45) is 0.702. The molecule has 7 heteroatoms. The molecule has 3 amide bonds. The van der Waals surface area contributed by atoms with Crippen LogP contribution in [0.4, 0.5) is 11.4 Å². The number of para-hydroxylation sites is 2. The van der Waals surface area contributed by atoms with Gasteiger partial charge < -0.3 is 16.0 Å². The number of hydrogen-bond acceptors (Lipinski definition) is 4. The van der Waals surface area contributed by atoms with E-state index in [9.17, 15) is 14.4 Å². The summed E-state index contributed by atoms with van der Waals surface area (Å²) >= 11 is 0. The van der Waals surface area contributed by atoms with E-state index in [4.69, 9.17) is 5.73 Å². The van der Waals surface area contributed by atoms with E-state index in [0.29, 0.717) is 24.3 Å². The van der Waals surface area contributed by atoms with Crippen LogP contribution in [-0.2, 0) is 27.3 Å². The van der Waals surface area contributed by atoms with Gasteiger partial charge in [-0.3, -0.25) is 19.3 Å². The minimum atomic E-state index is -0.536. The fourth-order valence-electron chi connectivity index (χ4n) is 4.24. The van der Waals surface area contributed by atoms with Crippen LogP contribution >= 0.6 is 0 Å². The maximum atomic E-state index is 13.4. The van der Waals surface area contributed by atoms with Crippen molar-refractivity contribution in [3.63, 3.8) is 0 Å². The third kappa shape index (κ3) is 3.73. The fourth-order valence-corrected chi connectivity index (χ4v) is 4.24. The summed E-state index contributed by atoms with van der Waals surface area (Å²) in [5.74, 6) is -0.720. The van der Waals surface area contributed by atoms with Crippen molar-refractivity contribution in [2.75, 3.05) is 16.8 Å². The van der Waals surface area contributed by atoms with E-state index < -0.39 is 11.9 Å². The lowest BCUT2D eigenvalue weighted by molar-refractivity contribution is -0.126. The first-order valence-corrected chi connectivity index (χ1v) is 9.75. The van der Waals surface area contributed by atoms with Gasteiger partial charge in [-0.1, -0.05) is 36.4 Å². The molecule has 0 aliphatic carbocycles. The number of nitrogens with one attached hydrogen (secondary N) is 1. The molecule has 2 heterocycles. The van der Waals surface area contributed by atoms with Crippen molar-refractivity contribution in [2.24, 2.45) is 5.73 Å². The monoisotopic (exact) mass is 392 g/mol. The molecule has 2 atom stereocenters. The van der Waals surface area contributed by atoms with E-state index in [1.54, 1.807) is 11.0 Å². The Morgan fingerprint density at radius 3 is 2.52 bits per heavy atom. The van der Waals surface area contributed by atoms with E-state index in [1.807, 2.05) is 54.3 Å². The van der Waals surface area contributed by atoms with Crippen molar-refractivity contribution in [1.82, 2.24) is 4.90 Å². The number of carbonyl (C=O) groups excluding carboxylic acids is 3. The molecule has 3 N–H and O–H groups in total. The molecule has 7 nitrogen and oxygen atoms in total. The Morgan fingerprint density at radius 1 is 1.07 bits per heavy atom. The number of benzene rings is 2. The highest BCUT2D eigenvalue weighted by Crippen LogP contribution is 2.32. The third-order valence-electron chi connectivity index (χ3n) is 5.64. The van der Waals surface area contributed by atoms with Gasteiger partial charge in [0.05, 0.1) is 24.0 Å². The number of nitrogens with two attached hydrogens (primary N) is 1. The van der Waals surface area contributed by atoms with Crippen LogP contribution in [0.2, 0.25) is 0 Å². The Labute approximate surface area is 169 Å². The lowest BCUT2D eigenvalue weighted by Crippen LogP contribution is -2.53. The number of anilines is 2. The smallest absolute Gasteiger partial charge is 0.241 e. The predicted octanol–water partition coefficient (Wildman–Crippen LogP) is 1.66. The molecule has 150 valence electrons. The van der Waals surface area contributed by atoms with E-state index in [2.05, 4.69) is 5.32 Å². The number of fused-ring (bicyclic) bond motifs is 2. The molecular formula is C22H24N4O3. The number of amides is 3. The van der Waals surface area contributed by atoms with E-state index in [-0.39, 0.29) is 30.8 Å². The van der Waals surface area contributed by atoms with Gasteiger partial charge in [-0.25, -0.2) is 0 Å². The van der Waals surface area contributed by atoms with Crippen molar-refractivity contribution >= 4 is 29.1 Å². The Morgan fingerprint density at radius 2 is 1.76 bits per heavy atom. The molecule has 29 heavy (non-hydrogen) atoms. The Hall–Kier alpha value is -3.19. The molecule has 2 aliphatic rings. The SMILES string of the molecule is CC1CC(=O)Nc2ccccc2N1C(=O)CN1Cc2ccccc2CC1C(N)=O. The van der Waals surface area contributed by atoms with E-state index in [1.165, 1.54) is 0 Å². The molecule has 2 aromatic rings. The first-order valence-electron chi connectivity index (χ1n) is 9.75. The minimum Gasteiger partial charge on any atom is -0.368 e. The topological polar surface area (TPSA) is 95.7 Å². The highest BCUT2D eigenvalue weighted by molar-refractivity contribution is 6.05. The summed E-state index contributed by atoms with van der Waals surface area (Å²) in [5.41, 5.74) is 9.13. The van der Waals surface area contributed by atoms with Crippen molar-refractivity contribution in [1.29, 1.82) is 0 Å². The average Bonchev–Trinajstić information content (AvgIpc) is 2.81. The normalized spacial score (nSPS) is 21.6. The zero-order valence-electron chi connectivity index (χ0n) is 16.3. The van der Waals surface area contributed by atoms with Crippen LogP contribution in [0.1, 0.15) is 24.5 Å². The highest BCUT2D eigenvalue weighted by atomic mass is 16.2. The second-order valence-electron chi connectivity index (χ2n) is 7.68. The van der Waals surface area contributed by atoms with Gasteiger partial charge in [-0.05, 0) is 36.6 Å². The average molecular weight is 392 g/mol. The summed E-state index contributed by atoms with van der Waals surface area (Å²) in [6.45, 7) is 2.39. The van der Waals surface area contributed by atoms with Crippen LogP contribution in [-0.4, -0.2) is 41.2 Å². The van der Waals surface area contributed by atoms with Gasteiger partial charge in [-0.2, -0.15) is 0 Å². The summed E-state index contributed by atoms with van der Waals surface area (Å²) in [7, 11) is 0. The van der Waals surface area contributed by atoms with E-state index >= 15 is 0 Å². The van der Waals surface area contributed by atoms with Crippen LogP contribution < -0.4 is 16.0 Å². The Balaban J connectivity index is 1.62. The lowest BCUT2D eigenvalue weighted by Gasteiger charge is -2.37. The molecule has 0 radical (unpaired) electrons.